The van der Waals surface area contributed by atoms with Gasteiger partial charge in [0.2, 0.25) is 0 Å². The van der Waals surface area contributed by atoms with Crippen molar-refractivity contribution in [3.05, 3.63) is 28.7 Å². The van der Waals surface area contributed by atoms with E-state index < -0.39 is 5.97 Å². The van der Waals surface area contributed by atoms with E-state index in [2.05, 4.69) is 4.98 Å². The Labute approximate surface area is 89.6 Å². The van der Waals surface area contributed by atoms with Gasteiger partial charge < -0.3 is 10.2 Å². The second-order valence-corrected chi connectivity index (χ2v) is 3.52. The predicted molar refractivity (Wildman–Crippen MR) is 53.6 cm³/mol. The van der Waals surface area contributed by atoms with Crippen LogP contribution in [-0.2, 0) is 0 Å². The molecule has 2 heterocycles. The van der Waals surface area contributed by atoms with Gasteiger partial charge in [-0.15, -0.1) is 0 Å². The molecule has 2 N–H and O–H groups in total. The molecule has 0 bridgehead atoms. The molecular formula is C9H7ClN2O3. The van der Waals surface area contributed by atoms with Crippen LogP contribution in [0.3, 0.4) is 0 Å². The Morgan fingerprint density at radius 2 is 2.27 bits per heavy atom. The Balaban J connectivity index is 2.93. The van der Waals surface area contributed by atoms with E-state index in [-0.39, 0.29) is 22.1 Å². The summed E-state index contributed by atoms with van der Waals surface area (Å²) in [7, 11) is 0. The molecule has 0 atom stereocenters. The fourth-order valence-corrected chi connectivity index (χ4v) is 1.67. The van der Waals surface area contributed by atoms with Crippen LogP contribution in [0.15, 0.2) is 12.3 Å². The van der Waals surface area contributed by atoms with Crippen molar-refractivity contribution in [1.82, 2.24) is 9.38 Å². The van der Waals surface area contributed by atoms with Crippen molar-refractivity contribution in [2.45, 2.75) is 6.92 Å². The molecule has 0 unspecified atom stereocenters. The average Bonchev–Trinajstić information content (AvgIpc) is 2.41. The van der Waals surface area contributed by atoms with Gasteiger partial charge in [-0.3, -0.25) is 4.40 Å². The van der Waals surface area contributed by atoms with Crippen LogP contribution in [0.25, 0.3) is 5.65 Å². The lowest BCUT2D eigenvalue weighted by atomic mass is 10.3. The third-order valence-electron chi connectivity index (χ3n) is 2.04. The lowest BCUT2D eigenvalue weighted by Gasteiger charge is -1.99. The third kappa shape index (κ3) is 1.41. The second-order valence-electron chi connectivity index (χ2n) is 3.09. The Morgan fingerprint density at radius 1 is 1.60 bits per heavy atom. The minimum absolute atomic E-state index is 0.00259. The van der Waals surface area contributed by atoms with Crippen LogP contribution in [0, 0.1) is 6.92 Å². The predicted octanol–water partition coefficient (Wildman–Crippen LogP) is 1.70. The number of carbonyl (C=O) groups is 1. The molecule has 0 aromatic carbocycles. The number of hydrogen-bond donors (Lipinski definition) is 2. The number of carboxylic acid groups (broad SMARTS) is 1. The van der Waals surface area contributed by atoms with Crippen molar-refractivity contribution in [3.63, 3.8) is 0 Å². The van der Waals surface area contributed by atoms with Crippen molar-refractivity contribution in [2.24, 2.45) is 0 Å². The van der Waals surface area contributed by atoms with Crippen LogP contribution in [-0.4, -0.2) is 25.6 Å². The highest BCUT2D eigenvalue weighted by Crippen LogP contribution is 2.24. The van der Waals surface area contributed by atoms with Gasteiger partial charge in [0.1, 0.15) is 0 Å². The molecule has 0 aliphatic rings. The number of pyridine rings is 1. The Kier molecular flexibility index (Phi) is 2.04. The number of carboxylic acids is 1. The number of aryl methyl sites for hydroxylation is 1. The zero-order valence-corrected chi connectivity index (χ0v) is 8.49. The summed E-state index contributed by atoms with van der Waals surface area (Å²) in [6.45, 7) is 1.56. The largest absolute Gasteiger partial charge is 0.504 e. The van der Waals surface area contributed by atoms with Crippen LogP contribution in [0.1, 0.15) is 16.2 Å². The van der Waals surface area contributed by atoms with Crippen molar-refractivity contribution in [3.8, 4) is 5.75 Å². The monoisotopic (exact) mass is 226 g/mol. The molecule has 0 saturated heterocycles. The fourth-order valence-electron chi connectivity index (χ4n) is 1.47. The minimum atomic E-state index is -1.11. The van der Waals surface area contributed by atoms with Gasteiger partial charge in [-0.05, 0) is 6.92 Å². The second kappa shape index (κ2) is 3.13. The number of hydrogen-bond acceptors (Lipinski definition) is 3. The van der Waals surface area contributed by atoms with Gasteiger partial charge in [-0.2, -0.15) is 0 Å². The summed E-state index contributed by atoms with van der Waals surface area (Å²) >= 11 is 5.71. The molecule has 2 rings (SSSR count). The number of halogens is 1. The van der Waals surface area contributed by atoms with Crippen molar-refractivity contribution >= 4 is 23.2 Å². The molecule has 6 heteroatoms. The van der Waals surface area contributed by atoms with Gasteiger partial charge in [-0.1, -0.05) is 11.6 Å². The summed E-state index contributed by atoms with van der Waals surface area (Å²) in [6, 6.07) is 1.31. The highest BCUT2D eigenvalue weighted by atomic mass is 35.5. The van der Waals surface area contributed by atoms with Crippen molar-refractivity contribution < 1.29 is 15.0 Å². The van der Waals surface area contributed by atoms with Crippen LogP contribution in [0.4, 0.5) is 0 Å². The lowest BCUT2D eigenvalue weighted by molar-refractivity contribution is 0.0688. The van der Waals surface area contributed by atoms with E-state index in [1.807, 2.05) is 0 Å². The molecule has 78 valence electrons. The molecule has 15 heavy (non-hydrogen) atoms. The zero-order chi connectivity index (χ0) is 11.2. The number of aromatic carboxylic acids is 1. The Bertz CT molecular complexity index is 562. The van der Waals surface area contributed by atoms with E-state index in [0.717, 1.165) is 0 Å². The number of imidazole rings is 1. The molecule has 2 aromatic heterocycles. The summed E-state index contributed by atoms with van der Waals surface area (Å²) in [5.41, 5.74) is 0.525. The highest BCUT2D eigenvalue weighted by Gasteiger charge is 2.17. The van der Waals surface area contributed by atoms with Crippen LogP contribution < -0.4 is 0 Å². The number of rotatable bonds is 1. The first kappa shape index (κ1) is 9.79. The summed E-state index contributed by atoms with van der Waals surface area (Å²) in [4.78, 5) is 14.9. The Hall–Kier alpha value is -1.75. The minimum Gasteiger partial charge on any atom is -0.504 e. The fraction of sp³-hybridized carbons (Fsp3) is 0.111. The van der Waals surface area contributed by atoms with E-state index >= 15 is 0 Å². The zero-order valence-electron chi connectivity index (χ0n) is 7.73. The van der Waals surface area contributed by atoms with Gasteiger partial charge in [0.25, 0.3) is 0 Å². The first-order chi connectivity index (χ1) is 7.00. The molecule has 5 nitrogen and oxygen atoms in total. The standard InChI is InChI=1S/C9H7ClN2O3/c1-4-7(9(14)15)12-3-5(10)2-6(13)8(12)11-4/h2-3,13H,1H3,(H,14,15). The van der Waals surface area contributed by atoms with Crippen LogP contribution in [0.5, 0.6) is 5.75 Å². The number of fused-ring (bicyclic) bond motifs is 1. The first-order valence-electron chi connectivity index (χ1n) is 4.11. The van der Waals surface area contributed by atoms with Crippen LogP contribution >= 0.6 is 11.6 Å². The SMILES string of the molecule is Cc1nc2c(O)cc(Cl)cn2c1C(=O)O. The average molecular weight is 227 g/mol. The normalized spacial score (nSPS) is 10.8. The maximum absolute atomic E-state index is 10.9. The van der Waals surface area contributed by atoms with Gasteiger partial charge in [0.05, 0.1) is 10.7 Å². The Morgan fingerprint density at radius 3 is 2.87 bits per heavy atom. The molecule has 0 aliphatic heterocycles. The van der Waals surface area contributed by atoms with E-state index in [4.69, 9.17) is 16.7 Å². The summed E-state index contributed by atoms with van der Waals surface area (Å²) in [6.07, 6.45) is 1.40. The maximum Gasteiger partial charge on any atom is 0.354 e. The number of aromatic hydroxyl groups is 1. The molecule has 0 amide bonds. The van der Waals surface area contributed by atoms with Crippen molar-refractivity contribution in [1.29, 1.82) is 0 Å². The van der Waals surface area contributed by atoms with Crippen molar-refractivity contribution in [2.75, 3.05) is 0 Å². The van der Waals surface area contributed by atoms with E-state index in [1.165, 1.54) is 16.7 Å². The van der Waals surface area contributed by atoms with Gasteiger partial charge in [0.15, 0.2) is 17.1 Å². The maximum atomic E-state index is 10.9. The molecule has 0 saturated carbocycles. The van der Waals surface area contributed by atoms with E-state index in [0.29, 0.717) is 5.69 Å². The highest BCUT2D eigenvalue weighted by molar-refractivity contribution is 6.30. The van der Waals surface area contributed by atoms with Gasteiger partial charge in [-0.25, -0.2) is 9.78 Å². The third-order valence-corrected chi connectivity index (χ3v) is 2.25. The summed E-state index contributed by atoms with van der Waals surface area (Å²) in [5.74, 6) is -1.25. The topological polar surface area (TPSA) is 74.8 Å². The van der Waals surface area contributed by atoms with E-state index in [1.54, 1.807) is 6.92 Å². The van der Waals surface area contributed by atoms with Crippen LogP contribution in [0.2, 0.25) is 5.02 Å². The smallest absolute Gasteiger partial charge is 0.354 e. The molecule has 0 fully saturated rings. The summed E-state index contributed by atoms with van der Waals surface area (Å²) < 4.78 is 1.26. The molecule has 0 aliphatic carbocycles. The van der Waals surface area contributed by atoms with E-state index in [9.17, 15) is 9.90 Å². The molecule has 2 aromatic rings. The van der Waals surface area contributed by atoms with Gasteiger partial charge in [0, 0.05) is 12.3 Å². The first-order valence-corrected chi connectivity index (χ1v) is 4.49. The molecular weight excluding hydrogens is 220 g/mol. The summed E-state index contributed by atoms with van der Waals surface area (Å²) in [5, 5.41) is 18.7. The molecule has 0 spiro atoms. The quantitative estimate of drug-likeness (QED) is 0.776. The number of nitrogens with zero attached hydrogens (tertiary/aromatic N) is 2. The van der Waals surface area contributed by atoms with Gasteiger partial charge >= 0.3 is 5.97 Å². The number of aromatic nitrogens is 2. The molecule has 0 radical (unpaired) electrons. The lowest BCUT2D eigenvalue weighted by Crippen LogP contribution is -2.03.